The highest BCUT2D eigenvalue weighted by molar-refractivity contribution is 6.31. The Kier molecular flexibility index (Phi) is 6.88. The molecule has 7 heteroatoms. The molecule has 6 nitrogen and oxygen atoms in total. The number of halogens is 1. The number of nitrogens with one attached hydrogen (secondary N) is 1. The summed E-state index contributed by atoms with van der Waals surface area (Å²) in [6.07, 6.45) is 0. The first kappa shape index (κ1) is 23.5. The zero-order chi connectivity index (χ0) is 23.6. The fraction of sp³-hybridized carbons (Fsp3) is 0.385. The van der Waals surface area contributed by atoms with Crippen molar-refractivity contribution in [3.63, 3.8) is 0 Å². The molecule has 1 N–H and O–H groups in total. The maximum Gasteiger partial charge on any atom is 0.287 e. The summed E-state index contributed by atoms with van der Waals surface area (Å²) in [7, 11) is 0. The average molecular weight is 469 g/mol. The Bertz CT molecular complexity index is 1190. The minimum Gasteiger partial charge on any atom is -0.451 e. The van der Waals surface area contributed by atoms with E-state index in [0.717, 1.165) is 18.7 Å². The molecule has 0 bridgehead atoms. The van der Waals surface area contributed by atoms with E-state index in [1.165, 1.54) is 11.6 Å². The number of ether oxygens (including phenoxy) is 1. The van der Waals surface area contributed by atoms with Gasteiger partial charge in [-0.05, 0) is 34.7 Å². The van der Waals surface area contributed by atoms with E-state index in [9.17, 15) is 9.59 Å². The molecule has 1 aromatic heterocycles. The van der Waals surface area contributed by atoms with Gasteiger partial charge >= 0.3 is 0 Å². The van der Waals surface area contributed by atoms with Crippen molar-refractivity contribution in [1.29, 1.82) is 0 Å². The minimum atomic E-state index is -0.423. The van der Waals surface area contributed by atoms with Gasteiger partial charge in [-0.1, -0.05) is 56.6 Å². The Hall–Kier alpha value is -2.67. The van der Waals surface area contributed by atoms with Crippen molar-refractivity contribution in [2.24, 2.45) is 0 Å². The van der Waals surface area contributed by atoms with Gasteiger partial charge in [-0.3, -0.25) is 14.5 Å². The molecule has 0 spiro atoms. The van der Waals surface area contributed by atoms with Crippen LogP contribution in [0.2, 0.25) is 5.02 Å². The Labute approximate surface area is 198 Å². The first-order valence-electron chi connectivity index (χ1n) is 11.2. The summed E-state index contributed by atoms with van der Waals surface area (Å²) < 4.78 is 11.2. The Morgan fingerprint density at radius 2 is 1.79 bits per heavy atom. The molecule has 33 heavy (non-hydrogen) atoms. The topological polar surface area (TPSA) is 71.8 Å². The maximum absolute atomic E-state index is 12.9. The van der Waals surface area contributed by atoms with Crippen LogP contribution in [0.5, 0.6) is 0 Å². The zero-order valence-corrected chi connectivity index (χ0v) is 19.9. The van der Waals surface area contributed by atoms with E-state index in [4.69, 9.17) is 20.8 Å². The summed E-state index contributed by atoms with van der Waals surface area (Å²) in [6, 6.07) is 14.5. The molecule has 4 rings (SSSR count). The second kappa shape index (κ2) is 9.67. The van der Waals surface area contributed by atoms with Gasteiger partial charge in [-0.2, -0.15) is 0 Å². The van der Waals surface area contributed by atoms with Gasteiger partial charge in [0.2, 0.25) is 0 Å². The molecule has 1 aliphatic rings. The molecule has 1 amide bonds. The quantitative estimate of drug-likeness (QED) is 0.595. The van der Waals surface area contributed by atoms with Gasteiger partial charge in [0.15, 0.2) is 11.2 Å². The lowest BCUT2D eigenvalue weighted by molar-refractivity contribution is 0.0161. The highest BCUT2D eigenvalue weighted by Crippen LogP contribution is 2.27. The van der Waals surface area contributed by atoms with Crippen LogP contribution in [0.3, 0.4) is 0 Å². The number of nitrogens with zero attached hydrogens (tertiary/aromatic N) is 1. The summed E-state index contributed by atoms with van der Waals surface area (Å²) in [6.45, 7) is 9.84. The average Bonchev–Trinajstić information content (AvgIpc) is 2.80. The van der Waals surface area contributed by atoms with Crippen molar-refractivity contribution < 1.29 is 13.9 Å². The first-order chi connectivity index (χ1) is 15.7. The smallest absolute Gasteiger partial charge is 0.287 e. The van der Waals surface area contributed by atoms with E-state index < -0.39 is 5.91 Å². The van der Waals surface area contributed by atoms with E-state index in [1.54, 1.807) is 18.2 Å². The molecule has 0 saturated carbocycles. The Balaban J connectivity index is 1.55. The number of carbonyl (C=O) groups is 1. The zero-order valence-electron chi connectivity index (χ0n) is 19.2. The molecule has 0 unspecified atom stereocenters. The molecule has 2 heterocycles. The van der Waals surface area contributed by atoms with Crippen LogP contribution in [-0.2, 0) is 10.2 Å². The Morgan fingerprint density at radius 3 is 2.45 bits per heavy atom. The van der Waals surface area contributed by atoms with Gasteiger partial charge in [0.05, 0.1) is 24.6 Å². The van der Waals surface area contributed by atoms with Crippen LogP contribution in [0.15, 0.2) is 57.7 Å². The first-order valence-corrected chi connectivity index (χ1v) is 11.5. The van der Waals surface area contributed by atoms with Crippen LogP contribution in [0.25, 0.3) is 11.0 Å². The SMILES string of the molecule is CC(C)(C)c1ccc([C@@H](CNC(=O)c2cc(=O)c3cc(Cl)ccc3o2)N2CCOCC2)cc1. The second-order valence-electron chi connectivity index (χ2n) is 9.36. The molecule has 1 fully saturated rings. The van der Waals surface area contributed by atoms with E-state index >= 15 is 0 Å². The third-order valence-electron chi connectivity index (χ3n) is 6.02. The van der Waals surface area contributed by atoms with Crippen molar-refractivity contribution >= 4 is 28.5 Å². The largest absolute Gasteiger partial charge is 0.451 e. The highest BCUT2D eigenvalue weighted by Gasteiger charge is 2.25. The number of rotatable bonds is 5. The third-order valence-corrected chi connectivity index (χ3v) is 6.25. The lowest BCUT2D eigenvalue weighted by Gasteiger charge is -2.35. The number of fused-ring (bicyclic) bond motifs is 1. The van der Waals surface area contributed by atoms with Crippen LogP contribution < -0.4 is 10.7 Å². The molecule has 3 aromatic rings. The lowest BCUT2D eigenvalue weighted by Crippen LogP contribution is -2.43. The van der Waals surface area contributed by atoms with Crippen molar-refractivity contribution in [2.45, 2.75) is 32.2 Å². The van der Waals surface area contributed by atoms with Gasteiger partial charge < -0.3 is 14.5 Å². The minimum absolute atomic E-state index is 0.0152. The number of carbonyl (C=O) groups excluding carboxylic acids is 1. The van der Waals surface area contributed by atoms with E-state index in [-0.39, 0.29) is 22.6 Å². The molecule has 0 aliphatic carbocycles. The number of amides is 1. The second-order valence-corrected chi connectivity index (χ2v) is 9.80. The van der Waals surface area contributed by atoms with Gasteiger partial charge in [0.1, 0.15) is 5.58 Å². The number of benzene rings is 2. The van der Waals surface area contributed by atoms with Crippen LogP contribution in [0, 0.1) is 0 Å². The molecule has 0 radical (unpaired) electrons. The third kappa shape index (κ3) is 5.46. The molecule has 1 saturated heterocycles. The van der Waals surface area contributed by atoms with E-state index in [0.29, 0.717) is 35.8 Å². The molecular formula is C26H29ClN2O4. The normalized spacial score (nSPS) is 16.0. The van der Waals surface area contributed by atoms with Crippen molar-refractivity contribution in [1.82, 2.24) is 10.2 Å². The molecule has 1 aliphatic heterocycles. The van der Waals surface area contributed by atoms with Gasteiger partial charge in [-0.15, -0.1) is 0 Å². The predicted molar refractivity (Wildman–Crippen MR) is 130 cm³/mol. The van der Waals surface area contributed by atoms with Gasteiger partial charge in [0.25, 0.3) is 5.91 Å². The van der Waals surface area contributed by atoms with Crippen molar-refractivity contribution in [3.05, 3.63) is 80.7 Å². The summed E-state index contributed by atoms with van der Waals surface area (Å²) in [5.41, 5.74) is 2.49. The fourth-order valence-corrected chi connectivity index (χ4v) is 4.24. The standard InChI is InChI=1S/C26H29ClN2O4/c1-26(2,3)18-6-4-17(5-7-18)21(29-10-12-32-13-11-29)16-28-25(31)24-15-22(30)20-14-19(27)8-9-23(20)33-24/h4-9,14-15,21H,10-13,16H2,1-3H3,(H,28,31)/t21-/m1/s1. The number of hydrogen-bond acceptors (Lipinski definition) is 5. The summed E-state index contributed by atoms with van der Waals surface area (Å²) in [5, 5.41) is 3.76. The number of morpholine rings is 1. The lowest BCUT2D eigenvalue weighted by atomic mass is 9.86. The predicted octanol–water partition coefficient (Wildman–Crippen LogP) is 4.55. The molecule has 174 valence electrons. The summed E-state index contributed by atoms with van der Waals surface area (Å²) in [4.78, 5) is 27.7. The van der Waals surface area contributed by atoms with Crippen LogP contribution in [0.1, 0.15) is 48.5 Å². The molecule has 1 atom stereocenters. The highest BCUT2D eigenvalue weighted by atomic mass is 35.5. The van der Waals surface area contributed by atoms with Crippen LogP contribution >= 0.6 is 11.6 Å². The summed E-state index contributed by atoms with van der Waals surface area (Å²) in [5.74, 6) is -0.438. The monoisotopic (exact) mass is 468 g/mol. The van der Waals surface area contributed by atoms with E-state index in [1.807, 2.05) is 0 Å². The summed E-state index contributed by atoms with van der Waals surface area (Å²) >= 11 is 5.97. The van der Waals surface area contributed by atoms with Gasteiger partial charge in [-0.25, -0.2) is 0 Å². The van der Waals surface area contributed by atoms with Crippen LogP contribution in [0.4, 0.5) is 0 Å². The fourth-order valence-electron chi connectivity index (χ4n) is 4.07. The van der Waals surface area contributed by atoms with Crippen LogP contribution in [-0.4, -0.2) is 43.7 Å². The van der Waals surface area contributed by atoms with Crippen molar-refractivity contribution in [2.75, 3.05) is 32.8 Å². The van der Waals surface area contributed by atoms with Crippen molar-refractivity contribution in [3.8, 4) is 0 Å². The Morgan fingerprint density at radius 1 is 1.09 bits per heavy atom. The molecular weight excluding hydrogens is 440 g/mol. The van der Waals surface area contributed by atoms with Gasteiger partial charge in [0, 0.05) is 30.7 Å². The molecule has 2 aromatic carbocycles. The maximum atomic E-state index is 12.9. The number of hydrogen-bond donors (Lipinski definition) is 1. The van der Waals surface area contributed by atoms with E-state index in [2.05, 4.69) is 55.3 Å².